The molecule has 0 radical (unpaired) electrons. The van der Waals surface area contributed by atoms with E-state index in [0.717, 1.165) is 0 Å². The highest BCUT2D eigenvalue weighted by Crippen LogP contribution is 2.30. The molecule has 2 unspecified atom stereocenters. The summed E-state index contributed by atoms with van der Waals surface area (Å²) in [5.41, 5.74) is -1.05. The van der Waals surface area contributed by atoms with Crippen molar-refractivity contribution in [1.29, 1.82) is 0 Å². The third kappa shape index (κ3) is 12.1. The van der Waals surface area contributed by atoms with Gasteiger partial charge in [0.1, 0.15) is 12.1 Å². The maximum absolute atomic E-state index is 13.8. The fraction of sp³-hybridized carbons (Fsp3) is 0.692. The summed E-state index contributed by atoms with van der Waals surface area (Å²) in [5, 5.41) is 14.6. The monoisotopic (exact) mass is 608 g/mol. The summed E-state index contributed by atoms with van der Waals surface area (Å²) < 4.78 is 54.3. The minimum absolute atomic E-state index is 0.00139. The first-order valence-corrected chi connectivity index (χ1v) is 14.0. The molecule has 0 aliphatic heterocycles. The van der Waals surface area contributed by atoms with E-state index in [2.05, 4.69) is 31.2 Å². The normalized spacial score (nSPS) is 13.6. The number of carbonyl (C=O) groups excluding carboxylic acids is 2. The minimum atomic E-state index is -1.67. The Balaban J connectivity index is 2.63. The van der Waals surface area contributed by atoms with E-state index < -0.39 is 68.8 Å². The number of hydrogen-bond acceptors (Lipinski definition) is 10. The Labute approximate surface area is 242 Å². The number of nitrogens with one attached hydrogen (secondary N) is 3. The van der Waals surface area contributed by atoms with Gasteiger partial charge in [-0.1, -0.05) is 10.4 Å². The van der Waals surface area contributed by atoms with Crippen LogP contribution in [0.5, 0.6) is 0 Å². The molecule has 1 rings (SSSR count). The van der Waals surface area contributed by atoms with Crippen molar-refractivity contribution in [1.82, 2.24) is 20.9 Å². The van der Waals surface area contributed by atoms with E-state index in [4.69, 9.17) is 0 Å². The lowest BCUT2D eigenvalue weighted by atomic mass is 9.97. The van der Waals surface area contributed by atoms with Crippen LogP contribution in [0.1, 0.15) is 54.4 Å². The number of rotatable bonds is 19. The Morgan fingerprint density at radius 3 is 1.71 bits per heavy atom. The highest BCUT2D eigenvalue weighted by Gasteiger charge is 2.27. The average Bonchev–Trinajstić information content (AvgIpc) is 2.91. The van der Waals surface area contributed by atoms with Crippen molar-refractivity contribution < 1.29 is 27.2 Å². The maximum atomic E-state index is 13.8. The standard InChI is InChI=1S/C26H40F4N6O4S/c1-16(34-39)25(3,4)32-10-13-36(14-11-33-26(5,6)17(2)35-40)12-9-31-20(37)7-8-21(38)41-24-22(29)18(27)15-19(28)23(24)30/h15-17,32-33H,7-14H2,1-6H3,(H,31,37). The van der Waals surface area contributed by atoms with Gasteiger partial charge in [-0.25, -0.2) is 17.6 Å². The van der Waals surface area contributed by atoms with Gasteiger partial charge in [-0.2, -0.15) is 9.81 Å². The van der Waals surface area contributed by atoms with Crippen LogP contribution >= 0.6 is 11.8 Å². The van der Waals surface area contributed by atoms with Crippen LogP contribution in [0, 0.1) is 33.1 Å². The first-order valence-electron chi connectivity index (χ1n) is 13.2. The Morgan fingerprint density at radius 1 is 0.829 bits per heavy atom. The van der Waals surface area contributed by atoms with Crippen molar-refractivity contribution in [3.8, 4) is 0 Å². The number of nitroso groups, excluding NO2 is 2. The van der Waals surface area contributed by atoms with Crippen molar-refractivity contribution in [2.75, 3.05) is 39.3 Å². The molecule has 1 aromatic carbocycles. The van der Waals surface area contributed by atoms with Crippen LogP contribution < -0.4 is 16.0 Å². The molecule has 41 heavy (non-hydrogen) atoms. The Kier molecular flexibility index (Phi) is 15.0. The SMILES string of the molecule is CC(N=O)C(C)(C)NCCN(CCNC(=O)CCC(=O)Sc1c(F)c(F)cc(F)c1F)CCNC(C)(C)C(C)N=O. The van der Waals surface area contributed by atoms with Crippen LogP contribution in [-0.4, -0.2) is 78.4 Å². The van der Waals surface area contributed by atoms with Gasteiger partial charge in [0.25, 0.3) is 0 Å². The maximum Gasteiger partial charge on any atom is 0.220 e. The average molecular weight is 609 g/mol. The smallest absolute Gasteiger partial charge is 0.220 e. The molecule has 0 saturated heterocycles. The van der Waals surface area contributed by atoms with Crippen LogP contribution in [0.25, 0.3) is 0 Å². The van der Waals surface area contributed by atoms with Crippen molar-refractivity contribution in [2.45, 2.75) is 82.4 Å². The molecule has 0 spiro atoms. The van der Waals surface area contributed by atoms with Gasteiger partial charge in [-0.15, -0.1) is 0 Å². The third-order valence-electron chi connectivity index (χ3n) is 7.02. The van der Waals surface area contributed by atoms with Crippen molar-refractivity contribution in [2.24, 2.45) is 10.4 Å². The van der Waals surface area contributed by atoms with Crippen LogP contribution in [0.15, 0.2) is 21.3 Å². The first kappa shape index (κ1) is 36.5. The predicted octanol–water partition coefficient (Wildman–Crippen LogP) is 4.11. The van der Waals surface area contributed by atoms with E-state index in [0.29, 0.717) is 32.7 Å². The van der Waals surface area contributed by atoms with E-state index >= 15 is 0 Å². The van der Waals surface area contributed by atoms with E-state index in [1.165, 1.54) is 0 Å². The van der Waals surface area contributed by atoms with Gasteiger partial charge >= 0.3 is 0 Å². The topological polar surface area (TPSA) is 132 Å². The van der Waals surface area contributed by atoms with Gasteiger partial charge in [0.15, 0.2) is 28.4 Å². The summed E-state index contributed by atoms with van der Waals surface area (Å²) in [7, 11) is 0. The molecule has 1 amide bonds. The van der Waals surface area contributed by atoms with Crippen LogP contribution in [-0.2, 0) is 9.59 Å². The molecular formula is C26H40F4N6O4S. The van der Waals surface area contributed by atoms with Crippen LogP contribution in [0.4, 0.5) is 17.6 Å². The third-order valence-corrected chi connectivity index (χ3v) is 8.01. The molecule has 0 saturated carbocycles. The number of amides is 1. The summed E-state index contributed by atoms with van der Waals surface area (Å²) in [6, 6.07) is -0.858. The molecule has 2 atom stereocenters. The number of thioether (sulfide) groups is 1. The molecule has 0 heterocycles. The lowest BCUT2D eigenvalue weighted by molar-refractivity contribution is -0.123. The summed E-state index contributed by atoms with van der Waals surface area (Å²) >= 11 is 0.00139. The zero-order valence-electron chi connectivity index (χ0n) is 24.3. The zero-order chi connectivity index (χ0) is 31.4. The Morgan fingerprint density at radius 2 is 1.27 bits per heavy atom. The number of halogens is 4. The number of hydrogen-bond donors (Lipinski definition) is 3. The second-order valence-electron chi connectivity index (χ2n) is 10.8. The van der Waals surface area contributed by atoms with Gasteiger partial charge < -0.3 is 16.0 Å². The quantitative estimate of drug-likeness (QED) is 0.0926. The van der Waals surface area contributed by atoms with Crippen molar-refractivity contribution in [3.63, 3.8) is 0 Å². The molecule has 0 aliphatic carbocycles. The van der Waals surface area contributed by atoms with E-state index in [1.54, 1.807) is 13.8 Å². The van der Waals surface area contributed by atoms with Gasteiger partial charge in [0, 0.05) is 69.3 Å². The summed E-state index contributed by atoms with van der Waals surface area (Å²) in [4.78, 5) is 47.2. The lowest BCUT2D eigenvalue weighted by Gasteiger charge is -2.32. The largest absolute Gasteiger partial charge is 0.355 e. The molecule has 0 bridgehead atoms. The summed E-state index contributed by atoms with van der Waals surface area (Å²) in [6.07, 6.45) is -0.688. The Bertz CT molecular complexity index is 1010. The van der Waals surface area contributed by atoms with Crippen molar-refractivity contribution >= 4 is 22.8 Å². The summed E-state index contributed by atoms with van der Waals surface area (Å²) in [5.74, 6) is -7.07. The highest BCUT2D eigenvalue weighted by molar-refractivity contribution is 8.13. The highest BCUT2D eigenvalue weighted by atomic mass is 32.2. The second-order valence-corrected chi connectivity index (χ2v) is 11.9. The molecule has 1 aromatic rings. The number of benzene rings is 1. The molecule has 0 aliphatic rings. The fourth-order valence-electron chi connectivity index (χ4n) is 3.43. The molecule has 0 aromatic heterocycles. The van der Waals surface area contributed by atoms with Crippen LogP contribution in [0.2, 0.25) is 0 Å². The van der Waals surface area contributed by atoms with E-state index in [-0.39, 0.29) is 30.8 Å². The fourth-order valence-corrected chi connectivity index (χ4v) is 4.24. The molecule has 0 fully saturated rings. The Hall–Kier alpha value is -2.49. The predicted molar refractivity (Wildman–Crippen MR) is 150 cm³/mol. The number of nitrogens with zero attached hydrogens (tertiary/aromatic N) is 3. The van der Waals surface area contributed by atoms with Gasteiger partial charge in [-0.05, 0) is 53.3 Å². The molecule has 3 N–H and O–H groups in total. The van der Waals surface area contributed by atoms with Crippen LogP contribution in [0.3, 0.4) is 0 Å². The summed E-state index contributed by atoms with van der Waals surface area (Å²) in [6.45, 7) is 13.7. The number of carbonyl (C=O) groups is 2. The zero-order valence-corrected chi connectivity index (χ0v) is 25.1. The second kappa shape index (κ2) is 16.8. The first-order chi connectivity index (χ1) is 19.0. The lowest BCUT2D eigenvalue weighted by Crippen LogP contribution is -2.52. The van der Waals surface area contributed by atoms with E-state index in [1.807, 2.05) is 27.7 Å². The minimum Gasteiger partial charge on any atom is -0.355 e. The van der Waals surface area contributed by atoms with Gasteiger partial charge in [0.05, 0.1) is 4.90 Å². The van der Waals surface area contributed by atoms with Crippen molar-refractivity contribution in [3.05, 3.63) is 39.1 Å². The molecule has 232 valence electrons. The van der Waals surface area contributed by atoms with Gasteiger partial charge in [0.2, 0.25) is 5.91 Å². The van der Waals surface area contributed by atoms with Gasteiger partial charge in [-0.3, -0.25) is 14.5 Å². The van der Waals surface area contributed by atoms with E-state index in [9.17, 15) is 37.0 Å². The molecule has 15 heteroatoms. The molecular weight excluding hydrogens is 568 g/mol. The molecule has 10 nitrogen and oxygen atoms in total.